The Balaban J connectivity index is 2.04. The van der Waals surface area contributed by atoms with E-state index in [0.29, 0.717) is 18.1 Å². The van der Waals surface area contributed by atoms with E-state index in [-0.39, 0.29) is 11.8 Å². The largest absolute Gasteiger partial charge is 0.480 e. The summed E-state index contributed by atoms with van der Waals surface area (Å²) in [6.45, 7) is 1.04. The van der Waals surface area contributed by atoms with Gasteiger partial charge in [0, 0.05) is 22.4 Å². The van der Waals surface area contributed by atoms with E-state index in [1.54, 1.807) is 11.4 Å². The molecule has 2 N–H and O–H groups in total. The van der Waals surface area contributed by atoms with E-state index in [9.17, 15) is 14.7 Å². The molecule has 1 aromatic rings. The molecule has 2 heterocycles. The quantitative estimate of drug-likeness (QED) is 0.874. The molecular weight excluding hydrogens is 334 g/mol. The number of rotatable bonds is 4. The molecule has 2 atom stereocenters. The summed E-state index contributed by atoms with van der Waals surface area (Å²) in [6.07, 6.45) is 1.58. The van der Waals surface area contributed by atoms with Gasteiger partial charge in [-0.2, -0.15) is 0 Å². The number of carboxylic acids is 1. The van der Waals surface area contributed by atoms with Crippen LogP contribution in [0, 0.1) is 5.92 Å². The van der Waals surface area contributed by atoms with Crippen molar-refractivity contribution in [3.8, 4) is 0 Å². The zero-order valence-corrected chi connectivity index (χ0v) is 12.5. The Bertz CT molecular complexity index is 470. The van der Waals surface area contributed by atoms with Crippen molar-refractivity contribution >= 4 is 39.1 Å². The molecule has 1 amide bonds. The minimum absolute atomic E-state index is 0.168. The van der Waals surface area contributed by atoms with E-state index < -0.39 is 12.0 Å². The van der Waals surface area contributed by atoms with Crippen LogP contribution in [0.2, 0.25) is 0 Å². The number of hydrogen-bond donors (Lipinski definition) is 2. The zero-order chi connectivity index (χ0) is 13.8. The second-order valence-electron chi connectivity index (χ2n) is 4.40. The van der Waals surface area contributed by atoms with Gasteiger partial charge in [-0.15, -0.1) is 11.3 Å². The zero-order valence-electron chi connectivity index (χ0n) is 10.1. The van der Waals surface area contributed by atoms with Crippen LogP contribution >= 0.6 is 27.3 Å². The fraction of sp³-hybridized carbons (Fsp3) is 0.500. The molecule has 0 bridgehead atoms. The molecule has 2 rings (SSSR count). The van der Waals surface area contributed by atoms with Gasteiger partial charge in [0.1, 0.15) is 6.04 Å². The van der Waals surface area contributed by atoms with Gasteiger partial charge in [-0.05, 0) is 34.8 Å². The number of halogens is 1. The van der Waals surface area contributed by atoms with Gasteiger partial charge in [-0.25, -0.2) is 4.79 Å². The minimum Gasteiger partial charge on any atom is -0.480 e. The Labute approximate surface area is 123 Å². The first kappa shape index (κ1) is 14.5. The number of carboxylic acid groups (broad SMARTS) is 1. The van der Waals surface area contributed by atoms with E-state index in [2.05, 4.69) is 21.2 Å². The Hall–Kier alpha value is -0.920. The van der Waals surface area contributed by atoms with Gasteiger partial charge in [-0.3, -0.25) is 4.79 Å². The molecule has 1 aliphatic heterocycles. The van der Waals surface area contributed by atoms with Crippen LogP contribution in [0.4, 0.5) is 0 Å². The molecule has 1 fully saturated rings. The highest BCUT2D eigenvalue weighted by Crippen LogP contribution is 2.21. The second-order valence-corrected chi connectivity index (χ2v) is 6.22. The maximum Gasteiger partial charge on any atom is 0.326 e. The lowest BCUT2D eigenvalue weighted by atomic mass is 9.93. The van der Waals surface area contributed by atoms with Crippen molar-refractivity contribution < 1.29 is 19.4 Å². The fourth-order valence-electron chi connectivity index (χ4n) is 2.05. The Morgan fingerprint density at radius 3 is 2.89 bits per heavy atom. The van der Waals surface area contributed by atoms with Gasteiger partial charge < -0.3 is 15.2 Å². The van der Waals surface area contributed by atoms with Gasteiger partial charge >= 0.3 is 5.97 Å². The van der Waals surface area contributed by atoms with Gasteiger partial charge in [0.15, 0.2) is 0 Å². The van der Waals surface area contributed by atoms with E-state index in [4.69, 9.17) is 4.74 Å². The summed E-state index contributed by atoms with van der Waals surface area (Å²) in [5.41, 5.74) is 0. The van der Waals surface area contributed by atoms with Gasteiger partial charge in [0.25, 0.3) is 5.91 Å². The third-order valence-electron chi connectivity index (χ3n) is 3.01. The molecule has 1 aromatic heterocycles. The predicted molar refractivity (Wildman–Crippen MR) is 74.5 cm³/mol. The molecule has 0 saturated carbocycles. The first-order valence-electron chi connectivity index (χ1n) is 5.93. The highest BCUT2D eigenvalue weighted by Gasteiger charge is 2.31. The Morgan fingerprint density at radius 2 is 2.37 bits per heavy atom. The van der Waals surface area contributed by atoms with Crippen molar-refractivity contribution in [3.63, 3.8) is 0 Å². The first-order valence-corrected chi connectivity index (χ1v) is 7.60. The lowest BCUT2D eigenvalue weighted by Gasteiger charge is -2.27. The Kier molecular flexibility index (Phi) is 4.95. The van der Waals surface area contributed by atoms with Crippen molar-refractivity contribution in [1.29, 1.82) is 0 Å². The number of ether oxygens (including phenoxy) is 1. The smallest absolute Gasteiger partial charge is 0.326 e. The summed E-state index contributed by atoms with van der Waals surface area (Å²) in [5, 5.41) is 13.6. The molecule has 0 spiro atoms. The summed E-state index contributed by atoms with van der Waals surface area (Å²) >= 11 is 4.54. The van der Waals surface area contributed by atoms with E-state index in [1.807, 2.05) is 0 Å². The lowest BCUT2D eigenvalue weighted by molar-refractivity contribution is -0.142. The summed E-state index contributed by atoms with van der Waals surface area (Å²) < 4.78 is 6.10. The highest BCUT2D eigenvalue weighted by atomic mass is 79.9. The molecule has 1 saturated heterocycles. The molecule has 19 heavy (non-hydrogen) atoms. The molecule has 104 valence electrons. The van der Waals surface area contributed by atoms with Crippen molar-refractivity contribution in [2.75, 3.05) is 13.2 Å². The molecule has 0 radical (unpaired) electrons. The Morgan fingerprint density at radius 1 is 1.58 bits per heavy atom. The molecule has 7 heteroatoms. The van der Waals surface area contributed by atoms with E-state index >= 15 is 0 Å². The van der Waals surface area contributed by atoms with Crippen LogP contribution in [-0.4, -0.2) is 36.2 Å². The number of amides is 1. The molecular formula is C12H14BrNO4S. The maximum absolute atomic E-state index is 12.0. The number of thiophene rings is 1. The number of carbonyl (C=O) groups is 2. The van der Waals surface area contributed by atoms with Crippen molar-refractivity contribution in [1.82, 2.24) is 5.32 Å². The van der Waals surface area contributed by atoms with Crippen LogP contribution in [0.5, 0.6) is 0 Å². The SMILES string of the molecule is O=C(NC(C(=O)O)C1CCCOC1)c1cc(Br)cs1. The van der Waals surface area contributed by atoms with Crippen LogP contribution in [0.1, 0.15) is 22.5 Å². The van der Waals surface area contributed by atoms with Crippen LogP contribution in [0.3, 0.4) is 0 Å². The predicted octanol–water partition coefficient (Wildman–Crippen LogP) is 2.12. The normalized spacial score (nSPS) is 20.8. The monoisotopic (exact) mass is 347 g/mol. The van der Waals surface area contributed by atoms with Crippen molar-refractivity contribution in [2.45, 2.75) is 18.9 Å². The topological polar surface area (TPSA) is 75.6 Å². The van der Waals surface area contributed by atoms with Crippen LogP contribution in [0.25, 0.3) is 0 Å². The summed E-state index contributed by atoms with van der Waals surface area (Å²) in [7, 11) is 0. The molecule has 0 aliphatic carbocycles. The van der Waals surface area contributed by atoms with Crippen molar-refractivity contribution in [3.05, 3.63) is 20.8 Å². The number of carbonyl (C=O) groups excluding carboxylic acids is 1. The standard InChI is InChI=1S/C12H14BrNO4S/c13-8-4-9(19-6-8)11(15)14-10(12(16)17)7-2-1-3-18-5-7/h4,6-7,10H,1-3,5H2,(H,14,15)(H,16,17). The van der Waals surface area contributed by atoms with Gasteiger partial charge in [-0.1, -0.05) is 0 Å². The number of aliphatic carboxylic acids is 1. The summed E-state index contributed by atoms with van der Waals surface area (Å²) in [6, 6.07) is 0.782. The molecule has 0 aromatic carbocycles. The van der Waals surface area contributed by atoms with E-state index in [1.165, 1.54) is 11.3 Å². The average Bonchev–Trinajstić information content (AvgIpc) is 2.83. The van der Waals surface area contributed by atoms with Crippen LogP contribution < -0.4 is 5.32 Å². The summed E-state index contributed by atoms with van der Waals surface area (Å²) in [4.78, 5) is 23.8. The molecule has 5 nitrogen and oxygen atoms in total. The second kappa shape index (κ2) is 6.49. The van der Waals surface area contributed by atoms with Crippen LogP contribution in [0.15, 0.2) is 15.9 Å². The lowest BCUT2D eigenvalue weighted by Crippen LogP contribution is -2.48. The third-order valence-corrected chi connectivity index (χ3v) is 4.70. The first-order chi connectivity index (χ1) is 9.08. The maximum atomic E-state index is 12.0. The average molecular weight is 348 g/mol. The number of hydrogen-bond acceptors (Lipinski definition) is 4. The highest BCUT2D eigenvalue weighted by molar-refractivity contribution is 9.10. The fourth-order valence-corrected chi connectivity index (χ4v) is 3.38. The van der Waals surface area contributed by atoms with Crippen molar-refractivity contribution in [2.24, 2.45) is 5.92 Å². The van der Waals surface area contributed by atoms with E-state index in [0.717, 1.165) is 17.3 Å². The number of nitrogens with one attached hydrogen (secondary N) is 1. The van der Waals surface area contributed by atoms with Gasteiger partial charge in [0.05, 0.1) is 11.5 Å². The van der Waals surface area contributed by atoms with Crippen LogP contribution in [-0.2, 0) is 9.53 Å². The minimum atomic E-state index is -1.01. The molecule has 1 aliphatic rings. The molecule has 2 unspecified atom stereocenters. The van der Waals surface area contributed by atoms with Gasteiger partial charge in [0.2, 0.25) is 0 Å². The summed E-state index contributed by atoms with van der Waals surface area (Å²) in [5.74, 6) is -1.54. The third kappa shape index (κ3) is 3.77.